The summed E-state index contributed by atoms with van der Waals surface area (Å²) in [7, 11) is -3.18. The number of nitrogens with zero attached hydrogens (tertiary/aromatic N) is 2. The lowest BCUT2D eigenvalue weighted by Gasteiger charge is -2.26. The maximum Gasteiger partial charge on any atom is 0.252 e. The normalized spacial score (nSPS) is 24.1. The fourth-order valence-electron chi connectivity index (χ4n) is 3.50. The van der Waals surface area contributed by atoms with Crippen molar-refractivity contribution < 1.29 is 13.2 Å². The second kappa shape index (κ2) is 8.12. The van der Waals surface area contributed by atoms with Gasteiger partial charge in [-0.15, -0.1) is 0 Å². The minimum absolute atomic E-state index is 0.0264. The van der Waals surface area contributed by atoms with E-state index in [1.165, 1.54) is 11.8 Å². The minimum atomic E-state index is -3.18. The molecule has 0 saturated carbocycles. The zero-order chi connectivity index (χ0) is 20.8. The monoisotopic (exact) mass is 488 g/mol. The molecule has 152 valence electrons. The molecular formula is C19H15Cl3N2O3S2. The number of amides is 1. The highest BCUT2D eigenvalue weighted by molar-refractivity contribution is 8.16. The molecule has 10 heteroatoms. The van der Waals surface area contributed by atoms with Crippen molar-refractivity contribution in [1.82, 2.24) is 0 Å². The topological polar surface area (TPSA) is 66.8 Å². The second-order valence-electron chi connectivity index (χ2n) is 6.80. The van der Waals surface area contributed by atoms with Crippen molar-refractivity contribution in [1.29, 1.82) is 0 Å². The van der Waals surface area contributed by atoms with E-state index in [2.05, 4.69) is 4.99 Å². The SMILES string of the molecule is O=C(Cc1ccccc1Cl)N=C1S[C@@H]2CS(=O)(=O)C[C@H]2N1c1c(Cl)cccc1Cl. The fraction of sp³-hybridized carbons (Fsp3) is 0.263. The summed E-state index contributed by atoms with van der Waals surface area (Å²) >= 11 is 20.2. The third-order valence-corrected chi connectivity index (χ3v) is 8.95. The predicted octanol–water partition coefficient (Wildman–Crippen LogP) is 4.49. The summed E-state index contributed by atoms with van der Waals surface area (Å²) in [5, 5.41) is 1.40. The highest BCUT2D eigenvalue weighted by Crippen LogP contribution is 2.45. The maximum absolute atomic E-state index is 12.6. The Labute approximate surface area is 188 Å². The smallest absolute Gasteiger partial charge is 0.252 e. The van der Waals surface area contributed by atoms with Gasteiger partial charge in [0.2, 0.25) is 0 Å². The highest BCUT2D eigenvalue weighted by atomic mass is 35.5. The van der Waals surface area contributed by atoms with Crippen LogP contribution in [0.25, 0.3) is 0 Å². The molecule has 4 rings (SSSR count). The number of aliphatic imine (C=N–C) groups is 1. The average molecular weight is 490 g/mol. The van der Waals surface area contributed by atoms with Gasteiger partial charge < -0.3 is 4.90 Å². The van der Waals surface area contributed by atoms with E-state index in [4.69, 9.17) is 34.8 Å². The van der Waals surface area contributed by atoms with Gasteiger partial charge in [0.1, 0.15) is 0 Å². The van der Waals surface area contributed by atoms with Crippen LogP contribution in [-0.2, 0) is 21.1 Å². The molecule has 2 saturated heterocycles. The van der Waals surface area contributed by atoms with Crippen molar-refractivity contribution >= 4 is 73.2 Å². The number of carbonyl (C=O) groups is 1. The average Bonchev–Trinajstić information content (AvgIpc) is 3.09. The van der Waals surface area contributed by atoms with E-state index in [-0.39, 0.29) is 35.1 Å². The zero-order valence-electron chi connectivity index (χ0n) is 14.9. The number of hydrogen-bond donors (Lipinski definition) is 0. The van der Waals surface area contributed by atoms with Crippen molar-refractivity contribution in [2.24, 2.45) is 4.99 Å². The van der Waals surface area contributed by atoms with E-state index in [1.807, 2.05) is 0 Å². The molecule has 0 spiro atoms. The number of amidine groups is 1. The second-order valence-corrected chi connectivity index (χ2v) is 11.4. The molecule has 0 bridgehead atoms. The molecule has 0 aliphatic carbocycles. The van der Waals surface area contributed by atoms with Gasteiger partial charge in [-0.25, -0.2) is 8.42 Å². The Morgan fingerprint density at radius 1 is 1.03 bits per heavy atom. The quantitative estimate of drug-likeness (QED) is 0.635. The van der Waals surface area contributed by atoms with Gasteiger partial charge in [0.15, 0.2) is 15.0 Å². The minimum Gasteiger partial charge on any atom is -0.313 e. The summed E-state index contributed by atoms with van der Waals surface area (Å²) < 4.78 is 24.3. The molecule has 5 nitrogen and oxygen atoms in total. The number of benzene rings is 2. The van der Waals surface area contributed by atoms with Crippen LogP contribution in [0.5, 0.6) is 0 Å². The summed E-state index contributed by atoms with van der Waals surface area (Å²) in [6, 6.07) is 11.8. The van der Waals surface area contributed by atoms with Crippen LogP contribution in [0.3, 0.4) is 0 Å². The first-order valence-electron chi connectivity index (χ1n) is 8.70. The number of fused-ring (bicyclic) bond motifs is 1. The van der Waals surface area contributed by atoms with Crippen LogP contribution in [0.4, 0.5) is 5.69 Å². The molecule has 0 N–H and O–H groups in total. The Morgan fingerprint density at radius 3 is 2.38 bits per heavy atom. The zero-order valence-corrected chi connectivity index (χ0v) is 18.8. The molecule has 0 aromatic heterocycles. The van der Waals surface area contributed by atoms with Gasteiger partial charge in [0.05, 0.1) is 39.7 Å². The van der Waals surface area contributed by atoms with Gasteiger partial charge in [0.25, 0.3) is 5.91 Å². The van der Waals surface area contributed by atoms with Gasteiger partial charge in [-0.3, -0.25) is 4.79 Å². The van der Waals surface area contributed by atoms with Gasteiger partial charge in [-0.1, -0.05) is 70.8 Å². The lowest BCUT2D eigenvalue weighted by atomic mass is 10.1. The molecule has 0 unspecified atom stereocenters. The number of thioether (sulfide) groups is 1. The molecule has 2 aliphatic heterocycles. The summed E-state index contributed by atoms with van der Waals surface area (Å²) in [4.78, 5) is 18.6. The van der Waals surface area contributed by atoms with Gasteiger partial charge in [-0.05, 0) is 23.8 Å². The lowest BCUT2D eigenvalue weighted by Crippen LogP contribution is -2.38. The van der Waals surface area contributed by atoms with Gasteiger partial charge in [0, 0.05) is 10.3 Å². The van der Waals surface area contributed by atoms with E-state index in [0.29, 0.717) is 31.5 Å². The first kappa shape index (κ1) is 21.0. The van der Waals surface area contributed by atoms with Crippen LogP contribution in [0.1, 0.15) is 5.56 Å². The van der Waals surface area contributed by atoms with Crippen LogP contribution in [-0.4, -0.2) is 42.3 Å². The number of halogens is 3. The largest absolute Gasteiger partial charge is 0.313 e. The number of anilines is 1. The molecule has 2 fully saturated rings. The molecule has 2 aliphatic rings. The van der Waals surface area contributed by atoms with Crippen LogP contribution in [0, 0.1) is 0 Å². The number of para-hydroxylation sites is 1. The first-order valence-corrected chi connectivity index (χ1v) is 12.5. The summed E-state index contributed by atoms with van der Waals surface area (Å²) in [6.45, 7) is 0. The lowest BCUT2D eigenvalue weighted by molar-refractivity contribution is -0.117. The van der Waals surface area contributed by atoms with E-state index in [1.54, 1.807) is 47.4 Å². The van der Waals surface area contributed by atoms with Crippen LogP contribution >= 0.6 is 46.6 Å². The molecule has 2 atom stereocenters. The summed E-state index contributed by atoms with van der Waals surface area (Å²) in [6.07, 6.45) is 0.0431. The van der Waals surface area contributed by atoms with Crippen molar-refractivity contribution in [3.8, 4) is 0 Å². The number of carbonyl (C=O) groups excluding carboxylic acids is 1. The van der Waals surface area contributed by atoms with E-state index in [9.17, 15) is 13.2 Å². The van der Waals surface area contributed by atoms with Gasteiger partial charge >= 0.3 is 0 Å². The summed E-state index contributed by atoms with van der Waals surface area (Å²) in [5.74, 6) is -0.389. The van der Waals surface area contributed by atoms with Crippen LogP contribution in [0.2, 0.25) is 15.1 Å². The number of sulfone groups is 1. The molecule has 2 heterocycles. The third kappa shape index (κ3) is 4.30. The number of rotatable bonds is 3. The van der Waals surface area contributed by atoms with E-state index in [0.717, 1.165) is 0 Å². The molecule has 0 radical (unpaired) electrons. The number of hydrogen-bond acceptors (Lipinski definition) is 4. The fourth-order valence-corrected chi connectivity index (χ4v) is 8.20. The molecule has 2 aromatic rings. The van der Waals surface area contributed by atoms with Crippen molar-refractivity contribution in [3.63, 3.8) is 0 Å². The molecule has 1 amide bonds. The highest BCUT2D eigenvalue weighted by Gasteiger charge is 2.50. The van der Waals surface area contributed by atoms with E-state index < -0.39 is 9.84 Å². The third-order valence-electron chi connectivity index (χ3n) is 4.76. The Hall–Kier alpha value is -1.25. The van der Waals surface area contributed by atoms with Crippen molar-refractivity contribution in [3.05, 3.63) is 63.1 Å². The Kier molecular flexibility index (Phi) is 5.88. The van der Waals surface area contributed by atoms with Gasteiger partial charge in [-0.2, -0.15) is 4.99 Å². The Morgan fingerprint density at radius 2 is 1.69 bits per heavy atom. The maximum atomic E-state index is 12.6. The van der Waals surface area contributed by atoms with Crippen LogP contribution < -0.4 is 4.90 Å². The van der Waals surface area contributed by atoms with Crippen molar-refractivity contribution in [2.75, 3.05) is 16.4 Å². The van der Waals surface area contributed by atoms with E-state index >= 15 is 0 Å². The Balaban J connectivity index is 1.71. The predicted molar refractivity (Wildman–Crippen MR) is 120 cm³/mol. The molecule has 29 heavy (non-hydrogen) atoms. The molecular weight excluding hydrogens is 475 g/mol. The standard InChI is InChI=1S/C19H15Cl3N2O3S2/c20-12-5-2-1-4-11(12)8-17(25)23-19-24(18-13(21)6-3-7-14(18)22)15-9-29(26,27)10-16(15)28-19/h1-7,15-16H,8-10H2/t15-,16-/m1/s1. The summed E-state index contributed by atoms with van der Waals surface area (Å²) in [5.41, 5.74) is 1.15. The van der Waals surface area contributed by atoms with Crippen LogP contribution in [0.15, 0.2) is 47.5 Å². The molecule has 2 aromatic carbocycles. The van der Waals surface area contributed by atoms with Crippen molar-refractivity contribution in [2.45, 2.75) is 17.7 Å². The first-order chi connectivity index (χ1) is 13.7. The Bertz CT molecular complexity index is 1100.